The second kappa shape index (κ2) is 9.44. The van der Waals surface area contributed by atoms with E-state index < -0.39 is 16.2 Å². The third-order valence-corrected chi connectivity index (χ3v) is 6.09. The summed E-state index contributed by atoms with van der Waals surface area (Å²) in [5, 5.41) is 20.5. The molecule has 0 spiro atoms. The van der Waals surface area contributed by atoms with E-state index in [4.69, 9.17) is 11.0 Å². The fourth-order valence-corrected chi connectivity index (χ4v) is 4.34. The Bertz CT molecular complexity index is 1550. The number of benzene rings is 1. The molecular weight excluding hydrogens is 452 g/mol. The van der Waals surface area contributed by atoms with E-state index in [2.05, 4.69) is 16.8 Å². The third-order valence-electron chi connectivity index (χ3n) is 6.09. The second-order valence-corrected chi connectivity index (χ2v) is 8.40. The fourth-order valence-electron chi connectivity index (χ4n) is 4.34. The molecule has 0 bridgehead atoms. The number of aromatic nitrogens is 4. The lowest BCUT2D eigenvalue weighted by atomic mass is 10.1. The van der Waals surface area contributed by atoms with Crippen molar-refractivity contribution in [2.24, 2.45) is 12.8 Å². The summed E-state index contributed by atoms with van der Waals surface area (Å²) in [5.74, 6) is 6.32. The number of rotatable bonds is 5. The Morgan fingerprint density at radius 3 is 2.74 bits per heavy atom. The van der Waals surface area contributed by atoms with E-state index in [1.165, 1.54) is 29.8 Å². The Kier molecular flexibility index (Phi) is 6.40. The zero-order chi connectivity index (χ0) is 25.3. The van der Waals surface area contributed by atoms with Gasteiger partial charge in [0.25, 0.3) is 11.2 Å². The minimum Gasteiger partial charge on any atom is -0.341 e. The molecule has 3 aromatic rings. The molecule has 1 aliphatic rings. The maximum Gasteiger partial charge on any atom is 0.332 e. The molecule has 12 heteroatoms. The standard InChI is InChI=1S/C23H24N8O4/c1-3-4-10-29-19-20(26-22(29)28-9-5-6-17(25)14-28)27(2)23(33)30(21(19)32)13-15-7-8-16(12-24)18(11-15)31(34)35/h7-8,11,17H,5-6,9-10,13-14,25H2,1-2H3/t17-/m1/s1. The minimum absolute atomic E-state index is 0.0260. The largest absolute Gasteiger partial charge is 0.341 e. The Labute approximate surface area is 200 Å². The quantitative estimate of drug-likeness (QED) is 0.320. The maximum absolute atomic E-state index is 13.6. The van der Waals surface area contributed by atoms with Crippen LogP contribution in [0.5, 0.6) is 0 Å². The van der Waals surface area contributed by atoms with Crippen molar-refractivity contribution in [2.75, 3.05) is 18.0 Å². The first-order chi connectivity index (χ1) is 16.8. The van der Waals surface area contributed by atoms with Gasteiger partial charge in [-0.15, -0.1) is 5.92 Å². The highest BCUT2D eigenvalue weighted by Gasteiger charge is 2.26. The number of fused-ring (bicyclic) bond motifs is 1. The van der Waals surface area contributed by atoms with Crippen LogP contribution in [-0.4, -0.2) is 42.7 Å². The number of piperidine rings is 1. The van der Waals surface area contributed by atoms with Gasteiger partial charge in [0.15, 0.2) is 11.2 Å². The van der Waals surface area contributed by atoms with E-state index in [-0.39, 0.29) is 41.5 Å². The zero-order valence-electron chi connectivity index (χ0n) is 19.4. The summed E-state index contributed by atoms with van der Waals surface area (Å²) in [6.07, 6.45) is 1.78. The highest BCUT2D eigenvalue weighted by atomic mass is 16.6. The monoisotopic (exact) mass is 476 g/mol. The van der Waals surface area contributed by atoms with Crippen LogP contribution in [0.3, 0.4) is 0 Å². The van der Waals surface area contributed by atoms with E-state index in [1.807, 2.05) is 4.90 Å². The van der Waals surface area contributed by atoms with Crippen molar-refractivity contribution < 1.29 is 4.92 Å². The Balaban J connectivity index is 1.90. The van der Waals surface area contributed by atoms with Crippen molar-refractivity contribution in [3.63, 3.8) is 0 Å². The van der Waals surface area contributed by atoms with Gasteiger partial charge in [-0.25, -0.2) is 4.79 Å². The van der Waals surface area contributed by atoms with E-state index in [0.29, 0.717) is 24.6 Å². The van der Waals surface area contributed by atoms with Gasteiger partial charge < -0.3 is 10.6 Å². The van der Waals surface area contributed by atoms with Gasteiger partial charge >= 0.3 is 5.69 Å². The van der Waals surface area contributed by atoms with Crippen LogP contribution in [0.25, 0.3) is 11.2 Å². The molecule has 180 valence electrons. The van der Waals surface area contributed by atoms with E-state index in [9.17, 15) is 19.7 Å². The number of hydrogen-bond acceptors (Lipinski definition) is 8. The molecule has 3 heterocycles. The predicted octanol–water partition coefficient (Wildman–Crippen LogP) is 0.676. The molecule has 1 aromatic carbocycles. The van der Waals surface area contributed by atoms with Crippen molar-refractivity contribution in [2.45, 2.75) is 38.9 Å². The first kappa shape index (κ1) is 23.7. The molecule has 0 unspecified atom stereocenters. The molecule has 2 aromatic heterocycles. The number of anilines is 1. The van der Waals surface area contributed by atoms with Crippen LogP contribution < -0.4 is 21.9 Å². The van der Waals surface area contributed by atoms with Crippen LogP contribution >= 0.6 is 0 Å². The van der Waals surface area contributed by atoms with Crippen LogP contribution in [0, 0.1) is 33.3 Å². The van der Waals surface area contributed by atoms with Gasteiger partial charge in [0.05, 0.1) is 18.0 Å². The summed E-state index contributed by atoms with van der Waals surface area (Å²) in [7, 11) is 1.52. The molecule has 0 saturated carbocycles. The van der Waals surface area contributed by atoms with Gasteiger partial charge in [-0.05, 0) is 31.4 Å². The molecular formula is C23H24N8O4. The van der Waals surface area contributed by atoms with Crippen molar-refractivity contribution >= 4 is 22.8 Å². The summed E-state index contributed by atoms with van der Waals surface area (Å²) in [4.78, 5) is 44.1. The SMILES string of the molecule is CC#CCn1c(N2CCC[C@@H](N)C2)nc2c1c(=O)n(Cc1ccc(C#N)c([N+](=O)[O-])c1)c(=O)n2C. The van der Waals surface area contributed by atoms with Crippen LogP contribution in [0.15, 0.2) is 27.8 Å². The van der Waals surface area contributed by atoms with Crippen molar-refractivity contribution in [1.29, 1.82) is 5.26 Å². The normalized spacial score (nSPS) is 15.5. The summed E-state index contributed by atoms with van der Waals surface area (Å²) in [6.45, 7) is 2.97. The van der Waals surface area contributed by atoms with Crippen LogP contribution in [-0.2, 0) is 20.1 Å². The zero-order valence-corrected chi connectivity index (χ0v) is 19.4. The van der Waals surface area contributed by atoms with Gasteiger partial charge in [0, 0.05) is 32.2 Å². The molecule has 1 fully saturated rings. The minimum atomic E-state index is -0.666. The number of nitro groups is 1. The molecule has 0 aliphatic carbocycles. The maximum atomic E-state index is 13.6. The summed E-state index contributed by atoms with van der Waals surface area (Å²) < 4.78 is 4.00. The van der Waals surface area contributed by atoms with Gasteiger partial charge in [0.2, 0.25) is 5.95 Å². The van der Waals surface area contributed by atoms with Crippen LogP contribution in [0.1, 0.15) is 30.9 Å². The van der Waals surface area contributed by atoms with Gasteiger partial charge in [-0.1, -0.05) is 12.0 Å². The van der Waals surface area contributed by atoms with E-state index in [0.717, 1.165) is 17.4 Å². The molecule has 1 saturated heterocycles. The summed E-state index contributed by atoms with van der Waals surface area (Å²) in [6, 6.07) is 5.75. The molecule has 1 aliphatic heterocycles. The Hall–Kier alpha value is -4.42. The van der Waals surface area contributed by atoms with Crippen LogP contribution in [0.4, 0.5) is 11.6 Å². The van der Waals surface area contributed by atoms with Gasteiger partial charge in [-0.3, -0.25) is 28.6 Å². The van der Waals surface area contributed by atoms with E-state index >= 15 is 0 Å². The third kappa shape index (κ3) is 4.27. The average molecular weight is 476 g/mol. The Morgan fingerprint density at radius 2 is 2.09 bits per heavy atom. The number of imidazole rings is 1. The topological polar surface area (TPSA) is 158 Å². The van der Waals surface area contributed by atoms with Gasteiger partial charge in [-0.2, -0.15) is 10.2 Å². The fraction of sp³-hybridized carbons (Fsp3) is 0.391. The van der Waals surface area contributed by atoms with Crippen molar-refractivity contribution in [1.82, 2.24) is 18.7 Å². The molecule has 1 atom stereocenters. The number of nitrogens with zero attached hydrogens (tertiary/aromatic N) is 7. The summed E-state index contributed by atoms with van der Waals surface area (Å²) in [5.41, 5.74) is 5.28. The molecule has 0 amide bonds. The lowest BCUT2D eigenvalue weighted by Crippen LogP contribution is -2.44. The van der Waals surface area contributed by atoms with Gasteiger partial charge in [0.1, 0.15) is 11.6 Å². The van der Waals surface area contributed by atoms with Crippen molar-refractivity contribution in [3.8, 4) is 17.9 Å². The predicted molar refractivity (Wildman–Crippen MR) is 129 cm³/mol. The van der Waals surface area contributed by atoms with Crippen LogP contribution in [0.2, 0.25) is 0 Å². The number of aryl methyl sites for hydroxylation is 1. The Morgan fingerprint density at radius 1 is 1.31 bits per heavy atom. The molecule has 2 N–H and O–H groups in total. The van der Waals surface area contributed by atoms with Crippen molar-refractivity contribution in [3.05, 3.63) is 60.3 Å². The number of nitriles is 1. The molecule has 0 radical (unpaired) electrons. The molecule has 35 heavy (non-hydrogen) atoms. The smallest absolute Gasteiger partial charge is 0.332 e. The molecule has 4 rings (SSSR count). The second-order valence-electron chi connectivity index (χ2n) is 8.40. The summed E-state index contributed by atoms with van der Waals surface area (Å²) >= 11 is 0. The number of hydrogen-bond donors (Lipinski definition) is 1. The average Bonchev–Trinajstić information content (AvgIpc) is 3.23. The highest BCUT2D eigenvalue weighted by molar-refractivity contribution is 5.75. The number of nitro benzene ring substituents is 1. The lowest BCUT2D eigenvalue weighted by molar-refractivity contribution is -0.385. The first-order valence-electron chi connectivity index (χ1n) is 11.0. The molecule has 12 nitrogen and oxygen atoms in total. The first-order valence-corrected chi connectivity index (χ1v) is 11.0. The highest BCUT2D eigenvalue weighted by Crippen LogP contribution is 2.23. The lowest BCUT2D eigenvalue weighted by Gasteiger charge is -2.31. The number of nitrogens with two attached hydrogens (primary N) is 1. The van der Waals surface area contributed by atoms with E-state index in [1.54, 1.807) is 17.6 Å².